The number of hydrogen-bond acceptors (Lipinski definition) is 3. The average molecular weight is 264 g/mol. The van der Waals surface area contributed by atoms with E-state index in [4.69, 9.17) is 5.73 Å². The van der Waals surface area contributed by atoms with Gasteiger partial charge in [-0.3, -0.25) is 0 Å². The summed E-state index contributed by atoms with van der Waals surface area (Å²) in [6.45, 7) is 1.82. The van der Waals surface area contributed by atoms with Crippen molar-refractivity contribution in [3.8, 4) is 0 Å². The van der Waals surface area contributed by atoms with Crippen molar-refractivity contribution in [1.29, 1.82) is 0 Å². The van der Waals surface area contributed by atoms with Crippen LogP contribution in [0.1, 0.15) is 12.0 Å². The van der Waals surface area contributed by atoms with E-state index >= 15 is 0 Å². The molecule has 0 saturated heterocycles. The molecule has 3 N–H and O–H groups in total. The highest BCUT2D eigenvalue weighted by atomic mass is 32.2. The lowest BCUT2D eigenvalue weighted by Crippen LogP contribution is -2.27. The number of sulfonamides is 1. The predicted octanol–water partition coefficient (Wildman–Crippen LogP) is 0.900. The van der Waals surface area contributed by atoms with Gasteiger partial charge in [-0.1, -0.05) is 0 Å². The number of nitrogens with one attached hydrogen (secondary N) is 1. The van der Waals surface area contributed by atoms with Gasteiger partial charge in [-0.2, -0.15) is 0 Å². The first-order chi connectivity index (χ1) is 7.88. The van der Waals surface area contributed by atoms with Gasteiger partial charge in [-0.15, -0.1) is 0 Å². The van der Waals surface area contributed by atoms with Crippen LogP contribution < -0.4 is 10.5 Å². The molecule has 0 aliphatic rings. The van der Waals surface area contributed by atoms with Crippen LogP contribution in [0.25, 0.3) is 0 Å². The highest BCUT2D eigenvalue weighted by Gasteiger charge is 2.20. The SMILES string of the molecule is Cc1cc(S(=O)(=O)NCCCN)c(F)cc1F. The minimum Gasteiger partial charge on any atom is -0.330 e. The molecule has 1 rings (SSSR count). The maximum atomic E-state index is 13.4. The quantitative estimate of drug-likeness (QED) is 0.776. The summed E-state index contributed by atoms with van der Waals surface area (Å²) in [4.78, 5) is -0.548. The summed E-state index contributed by atoms with van der Waals surface area (Å²) in [6.07, 6.45) is 0.445. The third kappa shape index (κ3) is 3.45. The van der Waals surface area contributed by atoms with E-state index in [9.17, 15) is 17.2 Å². The Morgan fingerprint density at radius 2 is 1.94 bits per heavy atom. The Bertz CT molecular complexity index is 503. The molecular weight excluding hydrogens is 250 g/mol. The highest BCUT2D eigenvalue weighted by Crippen LogP contribution is 2.18. The molecule has 0 saturated carbocycles. The zero-order valence-corrected chi connectivity index (χ0v) is 10.2. The van der Waals surface area contributed by atoms with Gasteiger partial charge in [0.1, 0.15) is 16.5 Å². The Hall–Kier alpha value is -1.05. The van der Waals surface area contributed by atoms with E-state index in [1.807, 2.05) is 0 Å². The molecule has 0 fully saturated rings. The van der Waals surface area contributed by atoms with E-state index < -0.39 is 26.6 Å². The van der Waals surface area contributed by atoms with Crippen LogP contribution in [0.5, 0.6) is 0 Å². The van der Waals surface area contributed by atoms with Gasteiger partial charge in [0.25, 0.3) is 0 Å². The number of halogens is 2. The first-order valence-electron chi connectivity index (χ1n) is 5.04. The Kier molecular flexibility index (Phi) is 4.55. The van der Waals surface area contributed by atoms with E-state index in [1.165, 1.54) is 6.92 Å². The normalized spacial score (nSPS) is 11.8. The molecule has 0 spiro atoms. The van der Waals surface area contributed by atoms with Gasteiger partial charge in [-0.25, -0.2) is 21.9 Å². The lowest BCUT2D eigenvalue weighted by molar-refractivity contribution is 0.539. The number of benzene rings is 1. The molecule has 0 bridgehead atoms. The van der Waals surface area contributed by atoms with E-state index in [0.717, 1.165) is 6.07 Å². The molecule has 0 radical (unpaired) electrons. The highest BCUT2D eigenvalue weighted by molar-refractivity contribution is 7.89. The van der Waals surface area contributed by atoms with E-state index in [0.29, 0.717) is 19.0 Å². The van der Waals surface area contributed by atoms with Crippen molar-refractivity contribution in [2.75, 3.05) is 13.1 Å². The van der Waals surface area contributed by atoms with Crippen molar-refractivity contribution >= 4 is 10.0 Å². The Labute approximate surface area is 98.9 Å². The summed E-state index contributed by atoms with van der Waals surface area (Å²) in [5, 5.41) is 0. The average Bonchev–Trinajstić information content (AvgIpc) is 2.23. The van der Waals surface area contributed by atoms with Crippen molar-refractivity contribution in [1.82, 2.24) is 4.72 Å². The maximum absolute atomic E-state index is 13.4. The molecule has 0 amide bonds. The van der Waals surface area contributed by atoms with Crippen molar-refractivity contribution in [3.05, 3.63) is 29.3 Å². The summed E-state index contributed by atoms with van der Waals surface area (Å²) in [6, 6.07) is 1.53. The molecule has 0 atom stereocenters. The molecule has 0 heterocycles. The molecule has 96 valence electrons. The molecule has 1 aromatic rings. The molecule has 17 heavy (non-hydrogen) atoms. The molecule has 0 aromatic heterocycles. The third-order valence-corrected chi connectivity index (χ3v) is 3.65. The first kappa shape index (κ1) is 14.0. The van der Waals surface area contributed by atoms with Gasteiger partial charge in [0.05, 0.1) is 0 Å². The molecule has 1 aromatic carbocycles. The molecule has 0 aliphatic carbocycles. The van der Waals surface area contributed by atoms with Crippen LogP contribution in [0.2, 0.25) is 0 Å². The Balaban J connectivity index is 3.03. The lowest BCUT2D eigenvalue weighted by atomic mass is 10.2. The Morgan fingerprint density at radius 3 is 2.53 bits per heavy atom. The number of rotatable bonds is 5. The zero-order valence-electron chi connectivity index (χ0n) is 9.33. The summed E-state index contributed by atoms with van der Waals surface area (Å²) in [5.74, 6) is -1.88. The van der Waals surface area contributed by atoms with Crippen LogP contribution >= 0.6 is 0 Å². The molecular formula is C10H14F2N2O2S. The smallest absolute Gasteiger partial charge is 0.243 e. The van der Waals surface area contributed by atoms with Gasteiger partial charge in [0.15, 0.2) is 0 Å². The van der Waals surface area contributed by atoms with Crippen molar-refractivity contribution in [2.45, 2.75) is 18.2 Å². The number of aryl methyl sites for hydroxylation is 1. The number of nitrogens with two attached hydrogens (primary N) is 1. The van der Waals surface area contributed by atoms with Crippen molar-refractivity contribution < 1.29 is 17.2 Å². The van der Waals surface area contributed by atoms with E-state index in [-0.39, 0.29) is 12.1 Å². The fourth-order valence-corrected chi connectivity index (χ4v) is 2.44. The van der Waals surface area contributed by atoms with Crippen molar-refractivity contribution in [2.24, 2.45) is 5.73 Å². The maximum Gasteiger partial charge on any atom is 0.243 e. The predicted molar refractivity (Wildman–Crippen MR) is 60.0 cm³/mol. The second kappa shape index (κ2) is 5.52. The molecule has 4 nitrogen and oxygen atoms in total. The van der Waals surface area contributed by atoms with Crippen LogP contribution in [0.4, 0.5) is 8.78 Å². The molecule has 0 aliphatic heterocycles. The minimum atomic E-state index is -3.95. The summed E-state index contributed by atoms with van der Waals surface area (Å²) in [5.41, 5.74) is 5.29. The van der Waals surface area contributed by atoms with Crippen LogP contribution in [0, 0.1) is 18.6 Å². The van der Waals surface area contributed by atoms with Crippen LogP contribution in [0.15, 0.2) is 17.0 Å². The molecule has 0 unspecified atom stereocenters. The lowest BCUT2D eigenvalue weighted by Gasteiger charge is -2.08. The zero-order chi connectivity index (χ0) is 13.1. The summed E-state index contributed by atoms with van der Waals surface area (Å²) in [7, 11) is -3.95. The Morgan fingerprint density at radius 1 is 1.29 bits per heavy atom. The monoisotopic (exact) mass is 264 g/mol. The fourth-order valence-electron chi connectivity index (χ4n) is 1.22. The fraction of sp³-hybridized carbons (Fsp3) is 0.400. The topological polar surface area (TPSA) is 72.2 Å². The van der Waals surface area contributed by atoms with Crippen LogP contribution in [-0.2, 0) is 10.0 Å². The van der Waals surface area contributed by atoms with Crippen LogP contribution in [-0.4, -0.2) is 21.5 Å². The minimum absolute atomic E-state index is 0.0746. The second-order valence-electron chi connectivity index (χ2n) is 3.57. The second-order valence-corrected chi connectivity index (χ2v) is 5.31. The largest absolute Gasteiger partial charge is 0.330 e. The third-order valence-electron chi connectivity index (χ3n) is 2.18. The van der Waals surface area contributed by atoms with E-state index in [2.05, 4.69) is 4.72 Å². The van der Waals surface area contributed by atoms with Crippen LogP contribution in [0.3, 0.4) is 0 Å². The summed E-state index contributed by atoms with van der Waals surface area (Å²) < 4.78 is 51.9. The number of hydrogen-bond donors (Lipinski definition) is 2. The van der Waals surface area contributed by atoms with Gasteiger partial charge in [0, 0.05) is 12.6 Å². The molecule has 7 heteroatoms. The first-order valence-corrected chi connectivity index (χ1v) is 6.52. The van der Waals surface area contributed by atoms with Crippen molar-refractivity contribution in [3.63, 3.8) is 0 Å². The van der Waals surface area contributed by atoms with E-state index in [1.54, 1.807) is 0 Å². The van der Waals surface area contributed by atoms with Gasteiger partial charge in [-0.05, 0) is 31.5 Å². The standard InChI is InChI=1S/C10H14F2N2O2S/c1-7-5-10(9(12)6-8(7)11)17(15,16)14-4-2-3-13/h5-6,14H,2-4,13H2,1H3. The summed E-state index contributed by atoms with van der Waals surface area (Å²) >= 11 is 0. The van der Waals surface area contributed by atoms with Gasteiger partial charge < -0.3 is 5.73 Å². The van der Waals surface area contributed by atoms with Gasteiger partial charge in [0.2, 0.25) is 10.0 Å². The van der Waals surface area contributed by atoms with Gasteiger partial charge >= 0.3 is 0 Å².